The Kier molecular flexibility index (Phi) is 6.22. The highest BCUT2D eigenvalue weighted by Gasteiger charge is 2.21. The summed E-state index contributed by atoms with van der Waals surface area (Å²) in [6, 6.07) is 2.00. The second-order valence-electron chi connectivity index (χ2n) is 5.66. The van der Waals surface area contributed by atoms with Crippen molar-refractivity contribution < 1.29 is 29.3 Å². The van der Waals surface area contributed by atoms with E-state index < -0.39 is 23.4 Å². The molecule has 0 atom stereocenters. The minimum absolute atomic E-state index is 0.192. The third kappa shape index (κ3) is 4.95. The summed E-state index contributed by atoms with van der Waals surface area (Å²) >= 11 is 0. The van der Waals surface area contributed by atoms with Gasteiger partial charge in [0.05, 0.1) is 12.7 Å². The number of carbonyl (C=O) groups is 2. The van der Waals surface area contributed by atoms with Gasteiger partial charge in [-0.3, -0.25) is 0 Å². The number of rotatable bonds is 6. The molecule has 122 valence electrons. The fraction of sp³-hybridized carbons (Fsp3) is 0.500. The van der Waals surface area contributed by atoms with E-state index in [1.54, 1.807) is 13.8 Å². The van der Waals surface area contributed by atoms with E-state index in [2.05, 4.69) is 0 Å². The number of phenols is 2. The average Bonchev–Trinajstić information content (AvgIpc) is 2.39. The van der Waals surface area contributed by atoms with Crippen LogP contribution in [0.4, 0.5) is 0 Å². The average molecular weight is 310 g/mol. The van der Waals surface area contributed by atoms with Gasteiger partial charge in [0, 0.05) is 0 Å². The van der Waals surface area contributed by atoms with Crippen molar-refractivity contribution in [3.63, 3.8) is 0 Å². The molecule has 6 heteroatoms. The second kappa shape index (κ2) is 7.68. The smallest absolute Gasteiger partial charge is 0.342 e. The summed E-state index contributed by atoms with van der Waals surface area (Å²) in [4.78, 5) is 23.6. The van der Waals surface area contributed by atoms with Crippen molar-refractivity contribution in [1.82, 2.24) is 0 Å². The molecule has 0 unspecified atom stereocenters. The number of aromatic hydroxyl groups is 2. The summed E-state index contributed by atoms with van der Waals surface area (Å²) in [7, 11) is 0. The molecule has 0 bridgehead atoms. The van der Waals surface area contributed by atoms with E-state index in [-0.39, 0.29) is 23.8 Å². The molecular weight excluding hydrogens is 288 g/mol. The first kappa shape index (κ1) is 17.8. The van der Waals surface area contributed by atoms with E-state index in [0.29, 0.717) is 12.3 Å². The van der Waals surface area contributed by atoms with Gasteiger partial charge >= 0.3 is 11.9 Å². The predicted octanol–water partition coefficient (Wildman–Crippen LogP) is 2.87. The van der Waals surface area contributed by atoms with Crippen LogP contribution >= 0.6 is 0 Å². The number of esters is 2. The van der Waals surface area contributed by atoms with Gasteiger partial charge in [0.2, 0.25) is 0 Å². The van der Waals surface area contributed by atoms with E-state index >= 15 is 0 Å². The Bertz CT molecular complexity index is 548. The van der Waals surface area contributed by atoms with Gasteiger partial charge < -0.3 is 19.7 Å². The van der Waals surface area contributed by atoms with Gasteiger partial charge in [-0.25, -0.2) is 9.59 Å². The lowest BCUT2D eigenvalue weighted by molar-refractivity contribution is 0.0371. The Morgan fingerprint density at radius 1 is 1.00 bits per heavy atom. The molecule has 0 aliphatic carbocycles. The summed E-state index contributed by atoms with van der Waals surface area (Å²) < 4.78 is 9.95. The van der Waals surface area contributed by atoms with Gasteiger partial charge in [-0.05, 0) is 38.3 Å². The number of hydrogen-bond acceptors (Lipinski definition) is 6. The molecule has 0 heterocycles. The van der Waals surface area contributed by atoms with Crippen LogP contribution in [0.15, 0.2) is 12.1 Å². The quantitative estimate of drug-likeness (QED) is 0.620. The van der Waals surface area contributed by atoms with Crippen molar-refractivity contribution in [2.24, 2.45) is 5.92 Å². The normalized spacial score (nSPS) is 10.8. The molecule has 0 aliphatic rings. The first-order valence-electron chi connectivity index (χ1n) is 7.16. The van der Waals surface area contributed by atoms with Gasteiger partial charge in [-0.1, -0.05) is 13.8 Å². The van der Waals surface area contributed by atoms with Crippen molar-refractivity contribution in [3.8, 4) is 11.5 Å². The number of carbonyl (C=O) groups excluding carboxylic acids is 2. The molecular formula is C16H22O6. The summed E-state index contributed by atoms with van der Waals surface area (Å²) in [5, 5.41) is 19.7. The van der Waals surface area contributed by atoms with Crippen molar-refractivity contribution in [2.75, 3.05) is 6.61 Å². The highest BCUT2D eigenvalue weighted by atomic mass is 16.5. The highest BCUT2D eigenvalue weighted by molar-refractivity contribution is 5.98. The first-order valence-corrected chi connectivity index (χ1v) is 7.16. The van der Waals surface area contributed by atoms with Gasteiger partial charge in [-0.2, -0.15) is 0 Å². The van der Waals surface area contributed by atoms with Crippen molar-refractivity contribution >= 4 is 11.9 Å². The lowest BCUT2D eigenvalue weighted by atomic mass is 10.1. The van der Waals surface area contributed by atoms with Crippen LogP contribution in [0.1, 0.15) is 54.8 Å². The fourth-order valence-electron chi connectivity index (χ4n) is 1.65. The summed E-state index contributed by atoms with van der Waals surface area (Å²) in [6.07, 6.45) is 0.326. The SMILES string of the molecule is CC(C)CCOC(=O)c1cc(O)c(C(=O)OC(C)C)cc1O. The Hall–Kier alpha value is -2.24. The zero-order valence-corrected chi connectivity index (χ0v) is 13.3. The van der Waals surface area contributed by atoms with Gasteiger partial charge in [0.25, 0.3) is 0 Å². The highest BCUT2D eigenvalue weighted by Crippen LogP contribution is 2.28. The molecule has 1 aromatic rings. The lowest BCUT2D eigenvalue weighted by Gasteiger charge is -2.12. The molecule has 6 nitrogen and oxygen atoms in total. The fourth-order valence-corrected chi connectivity index (χ4v) is 1.65. The van der Waals surface area contributed by atoms with Crippen molar-refractivity contribution in [1.29, 1.82) is 0 Å². The number of benzene rings is 1. The molecule has 0 saturated heterocycles. The number of ether oxygens (including phenoxy) is 2. The topological polar surface area (TPSA) is 93.1 Å². The Balaban J connectivity index is 2.89. The second-order valence-corrected chi connectivity index (χ2v) is 5.66. The van der Waals surface area contributed by atoms with Crippen LogP contribution in [0.3, 0.4) is 0 Å². The summed E-state index contributed by atoms with van der Waals surface area (Å²) in [6.45, 7) is 7.52. The summed E-state index contributed by atoms with van der Waals surface area (Å²) in [5.41, 5.74) is -0.396. The van der Waals surface area contributed by atoms with E-state index in [1.807, 2.05) is 13.8 Å². The van der Waals surface area contributed by atoms with E-state index in [0.717, 1.165) is 12.1 Å². The third-order valence-corrected chi connectivity index (χ3v) is 2.82. The molecule has 2 N–H and O–H groups in total. The van der Waals surface area contributed by atoms with Gasteiger partial charge in [0.15, 0.2) is 0 Å². The monoisotopic (exact) mass is 310 g/mol. The van der Waals surface area contributed by atoms with Crippen LogP contribution in [-0.2, 0) is 9.47 Å². The third-order valence-electron chi connectivity index (χ3n) is 2.82. The maximum atomic E-state index is 11.8. The van der Waals surface area contributed by atoms with Crippen LogP contribution < -0.4 is 0 Å². The summed E-state index contributed by atoms with van der Waals surface area (Å²) in [5.74, 6) is -2.04. The Morgan fingerprint density at radius 2 is 1.50 bits per heavy atom. The molecule has 22 heavy (non-hydrogen) atoms. The van der Waals surface area contributed by atoms with Crippen LogP contribution in [0.2, 0.25) is 0 Å². The first-order chi connectivity index (χ1) is 10.2. The van der Waals surface area contributed by atoms with Crippen LogP contribution in [0.5, 0.6) is 11.5 Å². The molecule has 0 amide bonds. The molecule has 1 rings (SSSR count). The molecule has 0 radical (unpaired) electrons. The minimum atomic E-state index is -0.775. The predicted molar refractivity (Wildman–Crippen MR) is 80.1 cm³/mol. The van der Waals surface area contributed by atoms with Crippen molar-refractivity contribution in [2.45, 2.75) is 40.2 Å². The van der Waals surface area contributed by atoms with Crippen LogP contribution in [0, 0.1) is 5.92 Å². The number of phenolic OH excluding ortho intramolecular Hbond substituents is 2. The molecule has 0 aromatic heterocycles. The zero-order chi connectivity index (χ0) is 16.9. The molecule has 0 aliphatic heterocycles. The largest absolute Gasteiger partial charge is 0.507 e. The van der Waals surface area contributed by atoms with Gasteiger partial charge in [0.1, 0.15) is 22.6 Å². The van der Waals surface area contributed by atoms with E-state index in [9.17, 15) is 19.8 Å². The molecule has 0 spiro atoms. The molecule has 0 saturated carbocycles. The van der Waals surface area contributed by atoms with E-state index in [1.165, 1.54) is 0 Å². The molecule has 0 fully saturated rings. The van der Waals surface area contributed by atoms with Crippen molar-refractivity contribution in [3.05, 3.63) is 23.3 Å². The van der Waals surface area contributed by atoms with Crippen LogP contribution in [0.25, 0.3) is 0 Å². The lowest BCUT2D eigenvalue weighted by Crippen LogP contribution is -2.13. The van der Waals surface area contributed by atoms with Gasteiger partial charge in [-0.15, -0.1) is 0 Å². The standard InChI is InChI=1S/C16H22O6/c1-9(2)5-6-21-15(19)11-7-14(18)12(8-13(11)17)16(20)22-10(3)4/h7-10,17-18H,5-6H2,1-4H3. The minimum Gasteiger partial charge on any atom is -0.507 e. The Morgan fingerprint density at radius 3 is 1.95 bits per heavy atom. The Labute approximate surface area is 129 Å². The maximum Gasteiger partial charge on any atom is 0.342 e. The van der Waals surface area contributed by atoms with Crippen LogP contribution in [-0.4, -0.2) is 34.9 Å². The zero-order valence-electron chi connectivity index (χ0n) is 13.3. The molecule has 1 aromatic carbocycles. The van der Waals surface area contributed by atoms with E-state index in [4.69, 9.17) is 9.47 Å². The maximum absolute atomic E-state index is 11.8. The number of hydrogen-bond donors (Lipinski definition) is 2.